The van der Waals surface area contributed by atoms with Crippen LogP contribution in [-0.4, -0.2) is 39.2 Å². The zero-order chi connectivity index (χ0) is 22.2. The van der Waals surface area contributed by atoms with Crippen molar-refractivity contribution in [3.05, 3.63) is 69.1 Å². The molecule has 1 saturated heterocycles. The number of fused-ring (bicyclic) bond motifs is 1. The van der Waals surface area contributed by atoms with Crippen LogP contribution in [-0.2, 0) is 18.3 Å². The number of aromatic nitrogens is 2. The zero-order valence-corrected chi connectivity index (χ0v) is 17.5. The number of nitrogens with zero attached hydrogens (tertiary/aromatic N) is 2. The van der Waals surface area contributed by atoms with Gasteiger partial charge in [-0.15, -0.1) is 0 Å². The molecule has 0 aliphatic carbocycles. The van der Waals surface area contributed by atoms with Gasteiger partial charge in [0.25, 0.3) is 0 Å². The lowest BCUT2D eigenvalue weighted by molar-refractivity contribution is -0.137. The third kappa shape index (κ3) is 4.51. The highest BCUT2D eigenvalue weighted by atomic mass is 35.5. The number of H-pyrrole nitrogens is 1. The van der Waals surface area contributed by atoms with Crippen molar-refractivity contribution < 1.29 is 18.3 Å². The Bertz CT molecular complexity index is 1130. The number of halogens is 4. The van der Waals surface area contributed by atoms with Crippen molar-refractivity contribution in [1.82, 2.24) is 14.5 Å². The predicted molar refractivity (Wildman–Crippen MR) is 113 cm³/mol. The van der Waals surface area contributed by atoms with E-state index in [4.69, 9.17) is 11.6 Å². The lowest BCUT2D eigenvalue weighted by Gasteiger charge is -2.38. The molecule has 31 heavy (non-hydrogen) atoms. The minimum atomic E-state index is -4.56. The first-order chi connectivity index (χ1) is 14.7. The molecule has 0 radical (unpaired) electrons. The molecule has 0 unspecified atom stereocenters. The molecular weight excluding hydrogens is 431 g/mol. The smallest absolute Gasteiger partial charge is 0.385 e. The van der Waals surface area contributed by atoms with Crippen molar-refractivity contribution in [1.29, 1.82) is 0 Å². The maximum Gasteiger partial charge on any atom is 0.417 e. The molecule has 1 fully saturated rings. The summed E-state index contributed by atoms with van der Waals surface area (Å²) in [4.78, 5) is 17.2. The molecule has 1 aliphatic rings. The first-order valence-corrected chi connectivity index (χ1v) is 10.5. The van der Waals surface area contributed by atoms with E-state index >= 15 is 0 Å². The summed E-state index contributed by atoms with van der Waals surface area (Å²) >= 11 is 5.70. The van der Waals surface area contributed by atoms with E-state index in [2.05, 4.69) is 9.88 Å². The van der Waals surface area contributed by atoms with Gasteiger partial charge in [0.15, 0.2) is 0 Å². The highest BCUT2D eigenvalue weighted by Crippen LogP contribution is 2.39. The van der Waals surface area contributed by atoms with Crippen molar-refractivity contribution in [2.75, 3.05) is 19.6 Å². The first kappa shape index (κ1) is 21.9. The van der Waals surface area contributed by atoms with Crippen molar-refractivity contribution in [2.24, 2.45) is 0 Å². The number of likely N-dealkylation sites (tertiary alicyclic amines) is 1. The van der Waals surface area contributed by atoms with E-state index in [1.165, 1.54) is 12.1 Å². The van der Waals surface area contributed by atoms with E-state index in [1.807, 2.05) is 24.3 Å². The summed E-state index contributed by atoms with van der Waals surface area (Å²) in [6, 6.07) is 11.1. The van der Waals surface area contributed by atoms with E-state index in [1.54, 1.807) is 4.57 Å². The average Bonchev–Trinajstić information content (AvgIpc) is 3.04. The number of piperidine rings is 1. The third-order valence-electron chi connectivity index (χ3n) is 6.03. The van der Waals surface area contributed by atoms with Gasteiger partial charge in [0.05, 0.1) is 27.2 Å². The molecule has 0 bridgehead atoms. The number of hydrogen-bond donors (Lipinski definition) is 2. The molecule has 5 nitrogen and oxygen atoms in total. The van der Waals surface area contributed by atoms with Crippen LogP contribution in [0.15, 0.2) is 47.3 Å². The Morgan fingerprint density at radius 1 is 1.10 bits per heavy atom. The molecule has 0 atom stereocenters. The molecule has 1 aromatic heterocycles. The molecule has 0 amide bonds. The Balaban J connectivity index is 1.36. The molecule has 1 aliphatic heterocycles. The number of rotatable bonds is 5. The quantitative estimate of drug-likeness (QED) is 0.603. The standard InChI is InChI=1S/C22H23ClF3N3O2/c23-17-7-6-15(14-16(17)22(24,25)26)21(31)8-12-28(13-9-21)10-3-11-29-19-5-2-1-4-18(19)27-20(29)30/h1-2,4-7,14,31H,3,8-13H2,(H,27,30). The summed E-state index contributed by atoms with van der Waals surface area (Å²) < 4.78 is 41.2. The van der Waals surface area contributed by atoms with Crippen molar-refractivity contribution in [2.45, 2.75) is 37.6 Å². The molecule has 4 rings (SSSR count). The number of para-hydroxylation sites is 2. The number of hydrogen-bond acceptors (Lipinski definition) is 3. The molecule has 9 heteroatoms. The Kier molecular flexibility index (Phi) is 5.89. The van der Waals surface area contributed by atoms with Crippen LogP contribution in [0.25, 0.3) is 11.0 Å². The molecular formula is C22H23ClF3N3O2. The fourth-order valence-corrected chi connectivity index (χ4v) is 4.47. The van der Waals surface area contributed by atoms with Gasteiger partial charge in [0.1, 0.15) is 0 Å². The van der Waals surface area contributed by atoms with Crippen LogP contribution in [0.1, 0.15) is 30.4 Å². The van der Waals surface area contributed by atoms with Gasteiger partial charge in [0, 0.05) is 19.6 Å². The van der Waals surface area contributed by atoms with Crippen LogP contribution in [0, 0.1) is 0 Å². The number of aromatic amines is 1. The second kappa shape index (κ2) is 8.33. The van der Waals surface area contributed by atoms with Crippen molar-refractivity contribution in [3.63, 3.8) is 0 Å². The van der Waals surface area contributed by atoms with E-state index < -0.39 is 17.3 Å². The van der Waals surface area contributed by atoms with Crippen LogP contribution in [0.3, 0.4) is 0 Å². The van der Waals surface area contributed by atoms with Crippen LogP contribution >= 0.6 is 11.6 Å². The summed E-state index contributed by atoms with van der Waals surface area (Å²) in [6.07, 6.45) is -3.15. The van der Waals surface area contributed by atoms with E-state index in [0.717, 1.165) is 30.1 Å². The van der Waals surface area contributed by atoms with E-state index in [0.29, 0.717) is 32.5 Å². The van der Waals surface area contributed by atoms with Crippen molar-refractivity contribution in [3.8, 4) is 0 Å². The second-order valence-corrected chi connectivity index (χ2v) is 8.43. The van der Waals surface area contributed by atoms with Gasteiger partial charge in [-0.2, -0.15) is 13.2 Å². The summed E-state index contributed by atoms with van der Waals surface area (Å²) in [5.41, 5.74) is -0.465. The van der Waals surface area contributed by atoms with Gasteiger partial charge in [-0.05, 0) is 55.6 Å². The molecule has 2 aromatic carbocycles. The normalized spacial score (nSPS) is 17.3. The zero-order valence-electron chi connectivity index (χ0n) is 16.8. The van der Waals surface area contributed by atoms with Crippen LogP contribution in [0.4, 0.5) is 13.2 Å². The number of aliphatic hydroxyl groups is 1. The third-order valence-corrected chi connectivity index (χ3v) is 6.36. The maximum atomic E-state index is 13.2. The Labute approximate surface area is 182 Å². The fraction of sp³-hybridized carbons (Fsp3) is 0.409. The van der Waals surface area contributed by atoms with Crippen LogP contribution in [0.5, 0.6) is 0 Å². The molecule has 2 heterocycles. The highest BCUT2D eigenvalue weighted by Gasteiger charge is 2.38. The fourth-order valence-electron chi connectivity index (χ4n) is 4.25. The average molecular weight is 454 g/mol. The Morgan fingerprint density at radius 3 is 2.52 bits per heavy atom. The molecule has 3 aromatic rings. The second-order valence-electron chi connectivity index (χ2n) is 8.02. The van der Waals surface area contributed by atoms with Gasteiger partial charge in [-0.3, -0.25) is 4.57 Å². The number of benzene rings is 2. The minimum Gasteiger partial charge on any atom is -0.385 e. The van der Waals surface area contributed by atoms with Crippen molar-refractivity contribution >= 4 is 22.6 Å². The largest absolute Gasteiger partial charge is 0.417 e. The number of aryl methyl sites for hydroxylation is 1. The summed E-state index contributed by atoms with van der Waals surface area (Å²) in [6.45, 7) is 2.42. The summed E-state index contributed by atoms with van der Waals surface area (Å²) in [5.74, 6) is 0. The molecule has 0 saturated carbocycles. The minimum absolute atomic E-state index is 0.141. The maximum absolute atomic E-state index is 13.2. The number of nitrogens with one attached hydrogen (secondary N) is 1. The summed E-state index contributed by atoms with van der Waals surface area (Å²) in [5, 5.41) is 10.6. The summed E-state index contributed by atoms with van der Waals surface area (Å²) in [7, 11) is 0. The molecule has 0 spiro atoms. The van der Waals surface area contributed by atoms with Gasteiger partial charge < -0.3 is 15.0 Å². The number of imidazole rings is 1. The molecule has 166 valence electrons. The lowest BCUT2D eigenvalue weighted by atomic mass is 9.83. The SMILES string of the molecule is O=c1[nH]c2ccccc2n1CCCN1CCC(O)(c2ccc(Cl)c(C(F)(F)F)c2)CC1. The van der Waals surface area contributed by atoms with Crippen LogP contribution in [0.2, 0.25) is 5.02 Å². The van der Waals surface area contributed by atoms with Gasteiger partial charge in [-0.1, -0.05) is 29.8 Å². The van der Waals surface area contributed by atoms with Gasteiger partial charge in [-0.25, -0.2) is 4.79 Å². The van der Waals surface area contributed by atoms with Gasteiger partial charge >= 0.3 is 11.9 Å². The molecule has 2 N–H and O–H groups in total. The highest BCUT2D eigenvalue weighted by molar-refractivity contribution is 6.31. The topological polar surface area (TPSA) is 61.3 Å². The van der Waals surface area contributed by atoms with E-state index in [9.17, 15) is 23.1 Å². The Morgan fingerprint density at radius 2 is 1.81 bits per heavy atom. The predicted octanol–water partition coefficient (Wildman–Crippen LogP) is 4.38. The Hall–Kier alpha value is -2.29. The van der Waals surface area contributed by atoms with Crippen LogP contribution < -0.4 is 5.69 Å². The number of alkyl halides is 3. The first-order valence-electron chi connectivity index (χ1n) is 10.2. The monoisotopic (exact) mass is 453 g/mol. The van der Waals surface area contributed by atoms with Gasteiger partial charge in [0.2, 0.25) is 0 Å². The lowest BCUT2D eigenvalue weighted by Crippen LogP contribution is -2.43. The van der Waals surface area contributed by atoms with E-state index in [-0.39, 0.29) is 16.3 Å².